The highest BCUT2D eigenvalue weighted by atomic mass is 19.1. The lowest BCUT2D eigenvalue weighted by molar-refractivity contribution is 0.0595. The second kappa shape index (κ2) is 6.83. The lowest BCUT2D eigenvalue weighted by atomic mass is 9.94. The zero-order valence-electron chi connectivity index (χ0n) is 15.3. The summed E-state index contributed by atoms with van der Waals surface area (Å²) in [6.45, 7) is 3.64. The molecule has 6 heteroatoms. The number of hydrogen-bond donors (Lipinski definition) is 0. The summed E-state index contributed by atoms with van der Waals surface area (Å²) in [4.78, 5) is 15.0. The molecule has 4 rings (SSSR count). The van der Waals surface area contributed by atoms with Crippen molar-refractivity contribution in [2.24, 2.45) is 7.05 Å². The standard InChI is InChI=1S/C20H24FN3O2/c1-13-6-7-14(11-16(13)21)20(25)24-9-4-3-5-18(24)19-15-12-26-10-8-17(15)23(2)22-19/h6-7,11,18H,3-5,8-10,12H2,1-2H3. The third-order valence-corrected chi connectivity index (χ3v) is 5.53. The Kier molecular flexibility index (Phi) is 4.53. The summed E-state index contributed by atoms with van der Waals surface area (Å²) in [5, 5.41) is 4.74. The number of likely N-dealkylation sites (tertiary alicyclic amines) is 1. The van der Waals surface area contributed by atoms with Gasteiger partial charge in [-0.3, -0.25) is 9.48 Å². The van der Waals surface area contributed by atoms with Gasteiger partial charge in [0.2, 0.25) is 0 Å². The average Bonchev–Trinajstić information content (AvgIpc) is 3.00. The number of halogens is 1. The number of ether oxygens (including phenoxy) is 1. The van der Waals surface area contributed by atoms with E-state index in [0.717, 1.165) is 36.9 Å². The van der Waals surface area contributed by atoms with Crippen LogP contribution in [0.5, 0.6) is 0 Å². The third kappa shape index (κ3) is 2.92. The molecule has 1 amide bonds. The van der Waals surface area contributed by atoms with E-state index in [-0.39, 0.29) is 17.8 Å². The molecule has 0 bridgehead atoms. The van der Waals surface area contributed by atoms with Gasteiger partial charge in [-0.2, -0.15) is 5.10 Å². The molecule has 2 aromatic rings. The summed E-state index contributed by atoms with van der Waals surface area (Å²) in [6, 6.07) is 4.65. The van der Waals surface area contributed by atoms with Gasteiger partial charge in [-0.05, 0) is 43.9 Å². The van der Waals surface area contributed by atoms with Crippen molar-refractivity contribution in [3.63, 3.8) is 0 Å². The monoisotopic (exact) mass is 357 g/mol. The van der Waals surface area contributed by atoms with Crippen molar-refractivity contribution in [1.29, 1.82) is 0 Å². The number of piperidine rings is 1. The van der Waals surface area contributed by atoms with Crippen LogP contribution in [0.4, 0.5) is 4.39 Å². The van der Waals surface area contributed by atoms with Gasteiger partial charge in [0, 0.05) is 36.8 Å². The number of amides is 1. The summed E-state index contributed by atoms with van der Waals surface area (Å²) >= 11 is 0. The highest BCUT2D eigenvalue weighted by Gasteiger charge is 2.34. The Morgan fingerprint density at radius 1 is 1.35 bits per heavy atom. The number of aromatic nitrogens is 2. The maximum absolute atomic E-state index is 14.0. The van der Waals surface area contributed by atoms with Gasteiger partial charge in [0.05, 0.1) is 24.9 Å². The number of nitrogens with zero attached hydrogens (tertiary/aromatic N) is 3. The molecule has 1 aromatic heterocycles. The van der Waals surface area contributed by atoms with E-state index in [4.69, 9.17) is 9.84 Å². The number of rotatable bonds is 2. The number of carbonyl (C=O) groups is 1. The van der Waals surface area contributed by atoms with E-state index in [2.05, 4.69) is 0 Å². The van der Waals surface area contributed by atoms with E-state index in [1.165, 1.54) is 11.8 Å². The number of fused-ring (bicyclic) bond motifs is 1. The zero-order chi connectivity index (χ0) is 18.3. The predicted molar refractivity (Wildman–Crippen MR) is 95.3 cm³/mol. The molecule has 3 heterocycles. The molecule has 1 saturated heterocycles. The molecule has 0 N–H and O–H groups in total. The van der Waals surface area contributed by atoms with Crippen LogP contribution in [-0.2, 0) is 24.8 Å². The smallest absolute Gasteiger partial charge is 0.254 e. The Balaban J connectivity index is 1.69. The van der Waals surface area contributed by atoms with Crippen LogP contribution >= 0.6 is 0 Å². The average molecular weight is 357 g/mol. The second-order valence-electron chi connectivity index (χ2n) is 7.21. The van der Waals surface area contributed by atoms with Crippen molar-refractivity contribution in [2.75, 3.05) is 13.2 Å². The summed E-state index contributed by atoms with van der Waals surface area (Å²) in [5.41, 5.74) is 4.22. The predicted octanol–water partition coefficient (Wildman–Crippen LogP) is 3.31. The largest absolute Gasteiger partial charge is 0.376 e. The minimum Gasteiger partial charge on any atom is -0.376 e. The lowest BCUT2D eigenvalue weighted by Crippen LogP contribution is -2.39. The quantitative estimate of drug-likeness (QED) is 0.828. The van der Waals surface area contributed by atoms with E-state index in [0.29, 0.717) is 30.9 Å². The van der Waals surface area contributed by atoms with E-state index < -0.39 is 0 Å². The van der Waals surface area contributed by atoms with Gasteiger partial charge in [-0.25, -0.2) is 4.39 Å². The molecule has 1 unspecified atom stereocenters. The lowest BCUT2D eigenvalue weighted by Gasteiger charge is -2.35. The fourth-order valence-electron chi connectivity index (χ4n) is 4.06. The van der Waals surface area contributed by atoms with Crippen LogP contribution in [0.15, 0.2) is 18.2 Å². The highest BCUT2D eigenvalue weighted by Crippen LogP contribution is 2.35. The molecule has 1 aromatic carbocycles. The van der Waals surface area contributed by atoms with Crippen molar-refractivity contribution in [3.05, 3.63) is 52.1 Å². The summed E-state index contributed by atoms with van der Waals surface area (Å²) in [6.07, 6.45) is 3.75. The van der Waals surface area contributed by atoms with Crippen LogP contribution in [0.2, 0.25) is 0 Å². The molecule has 0 radical (unpaired) electrons. The van der Waals surface area contributed by atoms with Gasteiger partial charge in [-0.1, -0.05) is 6.07 Å². The van der Waals surface area contributed by atoms with Crippen LogP contribution in [0.1, 0.15) is 58.2 Å². The molecular formula is C20H24FN3O2. The second-order valence-corrected chi connectivity index (χ2v) is 7.21. The van der Waals surface area contributed by atoms with E-state index >= 15 is 0 Å². The fraction of sp³-hybridized carbons (Fsp3) is 0.500. The summed E-state index contributed by atoms with van der Waals surface area (Å²) in [5.74, 6) is -0.460. The van der Waals surface area contributed by atoms with Crippen LogP contribution in [0.3, 0.4) is 0 Å². The molecule has 0 spiro atoms. The number of aryl methyl sites for hydroxylation is 2. The van der Waals surface area contributed by atoms with Gasteiger partial charge in [0.25, 0.3) is 5.91 Å². The van der Waals surface area contributed by atoms with Gasteiger partial charge < -0.3 is 9.64 Å². The maximum atomic E-state index is 14.0. The Hall–Kier alpha value is -2.21. The van der Waals surface area contributed by atoms with Crippen LogP contribution in [0, 0.1) is 12.7 Å². The third-order valence-electron chi connectivity index (χ3n) is 5.53. The van der Waals surface area contributed by atoms with Gasteiger partial charge in [0.1, 0.15) is 5.82 Å². The van der Waals surface area contributed by atoms with Crippen molar-refractivity contribution in [1.82, 2.24) is 14.7 Å². The Labute approximate surface area is 152 Å². The van der Waals surface area contributed by atoms with Crippen molar-refractivity contribution in [2.45, 2.75) is 45.3 Å². The Morgan fingerprint density at radius 2 is 2.19 bits per heavy atom. The Morgan fingerprint density at radius 3 is 3.00 bits per heavy atom. The van der Waals surface area contributed by atoms with Crippen molar-refractivity contribution in [3.8, 4) is 0 Å². The first kappa shape index (κ1) is 17.2. The van der Waals surface area contributed by atoms with E-state index in [9.17, 15) is 9.18 Å². The number of benzene rings is 1. The van der Waals surface area contributed by atoms with E-state index in [1.807, 2.05) is 16.6 Å². The topological polar surface area (TPSA) is 47.4 Å². The van der Waals surface area contributed by atoms with Crippen LogP contribution in [-0.4, -0.2) is 33.7 Å². The zero-order valence-corrected chi connectivity index (χ0v) is 15.3. The fourth-order valence-corrected chi connectivity index (χ4v) is 4.06. The molecule has 26 heavy (non-hydrogen) atoms. The molecule has 1 atom stereocenters. The van der Waals surface area contributed by atoms with Gasteiger partial charge >= 0.3 is 0 Å². The molecule has 138 valence electrons. The van der Waals surface area contributed by atoms with E-state index in [1.54, 1.807) is 19.1 Å². The Bertz CT molecular complexity index is 846. The van der Waals surface area contributed by atoms with Crippen molar-refractivity contribution >= 4 is 5.91 Å². The summed E-state index contributed by atoms with van der Waals surface area (Å²) in [7, 11) is 1.96. The molecule has 0 aliphatic carbocycles. The first-order chi connectivity index (χ1) is 12.6. The highest BCUT2D eigenvalue weighted by molar-refractivity contribution is 5.94. The van der Waals surface area contributed by atoms with Crippen molar-refractivity contribution < 1.29 is 13.9 Å². The summed E-state index contributed by atoms with van der Waals surface area (Å²) < 4.78 is 21.5. The van der Waals surface area contributed by atoms with Crippen LogP contribution in [0.25, 0.3) is 0 Å². The van der Waals surface area contributed by atoms with Gasteiger partial charge in [-0.15, -0.1) is 0 Å². The van der Waals surface area contributed by atoms with Gasteiger partial charge in [0.15, 0.2) is 0 Å². The first-order valence-electron chi connectivity index (χ1n) is 9.25. The minimum absolute atomic E-state index is 0.0720. The maximum Gasteiger partial charge on any atom is 0.254 e. The first-order valence-corrected chi connectivity index (χ1v) is 9.25. The molecule has 5 nitrogen and oxygen atoms in total. The normalized spacial score (nSPS) is 20.1. The molecule has 1 fully saturated rings. The number of carbonyl (C=O) groups excluding carboxylic acids is 1. The molecule has 2 aliphatic rings. The SMILES string of the molecule is Cc1ccc(C(=O)N2CCCCC2c2nn(C)c3c2COCC3)cc1F. The number of hydrogen-bond acceptors (Lipinski definition) is 3. The van der Waals surface area contributed by atoms with Crippen LogP contribution < -0.4 is 0 Å². The minimum atomic E-state index is -0.340. The molecule has 0 saturated carbocycles. The molecule has 2 aliphatic heterocycles. The molecular weight excluding hydrogens is 333 g/mol.